The van der Waals surface area contributed by atoms with Crippen LogP contribution in [-0.4, -0.2) is 31.2 Å². The van der Waals surface area contributed by atoms with Gasteiger partial charge in [-0.1, -0.05) is 36.5 Å². The van der Waals surface area contributed by atoms with Gasteiger partial charge in [0.15, 0.2) is 17.2 Å². The number of unbranched alkanes of at least 4 members (excludes halogenated alkanes) is 1. The molecule has 1 aliphatic heterocycles. The van der Waals surface area contributed by atoms with Crippen molar-refractivity contribution in [3.05, 3.63) is 15.6 Å². The van der Waals surface area contributed by atoms with Crippen molar-refractivity contribution in [3.63, 3.8) is 0 Å². The Kier molecular flexibility index (Phi) is 7.65. The van der Waals surface area contributed by atoms with Gasteiger partial charge >= 0.3 is 36.7 Å². The third-order valence-corrected chi connectivity index (χ3v) is 3.64. The van der Waals surface area contributed by atoms with Gasteiger partial charge in [-0.3, -0.25) is 0 Å². The zero-order valence-electron chi connectivity index (χ0n) is 12.2. The molecule has 1 aromatic rings. The molecule has 0 saturated carbocycles. The van der Waals surface area contributed by atoms with Crippen molar-refractivity contribution in [3.8, 4) is 17.2 Å². The Balaban J connectivity index is 0.00000242. The van der Waals surface area contributed by atoms with E-state index in [1.807, 2.05) is 6.92 Å². The molecule has 0 unspecified atom stereocenters. The first-order chi connectivity index (χ1) is 9.97. The van der Waals surface area contributed by atoms with Gasteiger partial charge in [0.05, 0.1) is 18.1 Å². The van der Waals surface area contributed by atoms with E-state index in [1.54, 1.807) is 0 Å². The van der Waals surface area contributed by atoms with Gasteiger partial charge in [-0.2, -0.15) is 0 Å². The second-order valence-corrected chi connectivity index (χ2v) is 5.12. The first-order valence-electron chi connectivity index (χ1n) is 6.34. The number of benzene rings is 1. The predicted octanol–water partition coefficient (Wildman–Crippen LogP) is -1.67. The molecule has 1 aromatic carbocycles. The number of fused-ring (bicyclic) bond motifs is 1. The summed E-state index contributed by atoms with van der Waals surface area (Å²) in [6.45, 7) is 2.03. The number of hydrogen-bond acceptors (Lipinski definition) is 6. The minimum Gasteiger partial charge on any atom is -0.545 e. The molecule has 0 spiro atoms. The molecule has 0 radical (unpaired) electrons. The third kappa shape index (κ3) is 3.96. The Morgan fingerprint density at radius 1 is 1.41 bits per heavy atom. The molecule has 0 atom stereocenters. The molecule has 6 nitrogen and oxygen atoms in total. The second-order valence-electron chi connectivity index (χ2n) is 4.36. The summed E-state index contributed by atoms with van der Waals surface area (Å²) in [4.78, 5) is 11.4. The van der Waals surface area contributed by atoms with Gasteiger partial charge in [-0.25, -0.2) is 0 Å². The quantitative estimate of drug-likeness (QED) is 0.501. The molecule has 0 fully saturated rings. The number of aromatic carboxylic acids is 1. The van der Waals surface area contributed by atoms with Gasteiger partial charge < -0.3 is 29.1 Å². The Labute approximate surface area is 160 Å². The fourth-order valence-corrected chi connectivity index (χ4v) is 2.29. The van der Waals surface area contributed by atoms with Crippen LogP contribution in [0.15, 0.2) is 0 Å². The molecule has 22 heavy (non-hydrogen) atoms. The summed E-state index contributed by atoms with van der Waals surface area (Å²) in [5.41, 5.74) is -0.422. The van der Waals surface area contributed by atoms with Gasteiger partial charge in [0, 0.05) is 0 Å². The maximum absolute atomic E-state index is 11.4. The molecular formula is C12H12BCl2NaO6. The summed E-state index contributed by atoms with van der Waals surface area (Å²) < 4.78 is 15.7. The normalized spacial score (nSPS) is 12.6. The first kappa shape index (κ1) is 19.7. The summed E-state index contributed by atoms with van der Waals surface area (Å²) in [6.07, 6.45) is 1.56. The van der Waals surface area contributed by atoms with E-state index in [1.165, 1.54) is 0 Å². The average Bonchev–Trinajstić information content (AvgIpc) is 2.43. The molecule has 0 saturated heterocycles. The van der Waals surface area contributed by atoms with Crippen LogP contribution < -0.4 is 48.8 Å². The van der Waals surface area contributed by atoms with Crippen LogP contribution in [0, 0.1) is 0 Å². The molecule has 1 N–H and O–H groups in total. The average molecular weight is 357 g/mol. The third-order valence-electron chi connectivity index (χ3n) is 2.82. The number of hydrogen-bond donors (Lipinski definition) is 1. The Bertz CT molecular complexity index is 571. The van der Waals surface area contributed by atoms with Crippen molar-refractivity contribution in [1.29, 1.82) is 0 Å². The molecule has 1 heterocycles. The van der Waals surface area contributed by atoms with E-state index in [-0.39, 0.29) is 70.0 Å². The topological polar surface area (TPSA) is 88.1 Å². The number of carboxylic acid groups (broad SMARTS) is 1. The van der Waals surface area contributed by atoms with Gasteiger partial charge in [-0.05, 0) is 6.42 Å². The summed E-state index contributed by atoms with van der Waals surface area (Å²) in [5, 5.41) is 20.7. The summed E-state index contributed by atoms with van der Waals surface area (Å²) in [5.74, 6) is -2.00. The SMILES string of the molecule is CCCCOc1c(Cl)c(Cl)c2c(c1C(=O)[O-])OB(O)CO2.[Na+]. The smallest absolute Gasteiger partial charge is 0.545 e. The second kappa shape index (κ2) is 8.52. The fraction of sp³-hybridized carbons (Fsp3) is 0.417. The first-order valence-corrected chi connectivity index (χ1v) is 7.09. The van der Waals surface area contributed by atoms with E-state index in [0.717, 1.165) is 6.42 Å². The zero-order valence-corrected chi connectivity index (χ0v) is 15.7. The molecule has 0 amide bonds. The Hall–Kier alpha value is -0.305. The van der Waals surface area contributed by atoms with Crippen LogP contribution in [0.2, 0.25) is 10.0 Å². The van der Waals surface area contributed by atoms with Crippen LogP contribution in [0.5, 0.6) is 17.2 Å². The molecule has 114 valence electrons. The molecule has 0 aromatic heterocycles. The van der Waals surface area contributed by atoms with Gasteiger partial charge in [0.1, 0.15) is 16.6 Å². The van der Waals surface area contributed by atoms with Crippen molar-refractivity contribution >= 4 is 36.3 Å². The van der Waals surface area contributed by atoms with E-state index in [0.29, 0.717) is 6.42 Å². The zero-order chi connectivity index (χ0) is 15.6. The number of carboxylic acids is 1. The maximum Gasteiger partial charge on any atom is 1.00 e. The summed E-state index contributed by atoms with van der Waals surface area (Å²) in [7, 11) is -1.31. The van der Waals surface area contributed by atoms with Crippen molar-refractivity contribution in [2.75, 3.05) is 13.1 Å². The van der Waals surface area contributed by atoms with Gasteiger partial charge in [0.2, 0.25) is 0 Å². The number of carbonyl (C=O) groups excluding carboxylic acids is 1. The van der Waals surface area contributed by atoms with Crippen LogP contribution in [0.25, 0.3) is 0 Å². The van der Waals surface area contributed by atoms with Gasteiger partial charge in [0.25, 0.3) is 0 Å². The fourth-order valence-electron chi connectivity index (χ4n) is 1.83. The number of halogens is 2. The largest absolute Gasteiger partial charge is 1.00 e. The van der Waals surface area contributed by atoms with Gasteiger partial charge in [-0.15, -0.1) is 0 Å². The minimum atomic E-state index is -1.56. The summed E-state index contributed by atoms with van der Waals surface area (Å²) >= 11 is 12.1. The van der Waals surface area contributed by atoms with Crippen LogP contribution in [0.4, 0.5) is 0 Å². The molecule has 2 rings (SSSR count). The van der Waals surface area contributed by atoms with E-state index in [4.69, 9.17) is 37.3 Å². The minimum absolute atomic E-state index is 0. The van der Waals surface area contributed by atoms with Crippen LogP contribution in [0.3, 0.4) is 0 Å². The summed E-state index contributed by atoms with van der Waals surface area (Å²) in [6, 6.07) is 0. The predicted molar refractivity (Wildman–Crippen MR) is 75.3 cm³/mol. The van der Waals surface area contributed by atoms with E-state index in [9.17, 15) is 14.9 Å². The van der Waals surface area contributed by atoms with Crippen LogP contribution in [-0.2, 0) is 0 Å². The van der Waals surface area contributed by atoms with Crippen molar-refractivity contribution < 1.29 is 58.6 Å². The van der Waals surface area contributed by atoms with E-state index >= 15 is 0 Å². The number of ether oxygens (including phenoxy) is 2. The Morgan fingerprint density at radius 3 is 2.68 bits per heavy atom. The molecule has 0 bridgehead atoms. The van der Waals surface area contributed by atoms with Crippen molar-refractivity contribution in [2.24, 2.45) is 0 Å². The van der Waals surface area contributed by atoms with E-state index in [2.05, 4.69) is 0 Å². The molecule has 0 aliphatic carbocycles. The molecular weight excluding hydrogens is 345 g/mol. The molecule has 1 aliphatic rings. The standard InChI is InChI=1S/C12H13BCl2O6.Na/c1-2-3-4-19-9-6(12(16)17)10-11(8(15)7(9)14)20-5-13(18)21-10;/h18H,2-5H2,1H3,(H,16,17);/q;+1/p-1. The molecule has 10 heteroatoms. The van der Waals surface area contributed by atoms with Crippen molar-refractivity contribution in [2.45, 2.75) is 19.8 Å². The Morgan fingerprint density at radius 2 is 2.09 bits per heavy atom. The van der Waals surface area contributed by atoms with E-state index < -0.39 is 18.7 Å². The van der Waals surface area contributed by atoms with Crippen LogP contribution >= 0.6 is 23.2 Å². The maximum atomic E-state index is 11.4. The number of carbonyl (C=O) groups is 1. The monoisotopic (exact) mass is 356 g/mol. The number of rotatable bonds is 5. The van der Waals surface area contributed by atoms with Crippen molar-refractivity contribution in [1.82, 2.24) is 0 Å². The van der Waals surface area contributed by atoms with Crippen LogP contribution in [0.1, 0.15) is 30.1 Å².